The van der Waals surface area contributed by atoms with Crippen LogP contribution in [0.4, 0.5) is 0 Å². The van der Waals surface area contributed by atoms with E-state index in [2.05, 4.69) is 29.6 Å². The molecule has 1 N–H and O–H groups in total. The summed E-state index contributed by atoms with van der Waals surface area (Å²) in [5.41, 5.74) is 2.33. The molecule has 0 aliphatic rings. The Hall–Kier alpha value is -1.84. The molecule has 2 aromatic rings. The van der Waals surface area contributed by atoms with Gasteiger partial charge in [-0.05, 0) is 30.3 Å². The fourth-order valence-corrected chi connectivity index (χ4v) is 2.41. The van der Waals surface area contributed by atoms with Gasteiger partial charge in [0.1, 0.15) is 11.9 Å². The average molecular weight is 271 g/mol. The Labute approximate surface area is 120 Å². The minimum absolute atomic E-state index is 0.0328. The second-order valence-electron chi connectivity index (χ2n) is 4.61. The lowest BCUT2D eigenvalue weighted by atomic mass is 9.95. The van der Waals surface area contributed by atoms with Crippen molar-refractivity contribution >= 4 is 0 Å². The maximum Gasteiger partial charge on any atom is 0.118 e. The Morgan fingerprint density at radius 1 is 0.850 bits per heavy atom. The number of nitrogens with one attached hydrogen (secondary N) is 1. The van der Waals surface area contributed by atoms with Crippen LogP contribution in [0.5, 0.6) is 5.75 Å². The van der Waals surface area contributed by atoms with Gasteiger partial charge in [0.2, 0.25) is 0 Å². The lowest BCUT2D eigenvalue weighted by Gasteiger charge is -2.26. The second-order valence-corrected chi connectivity index (χ2v) is 4.61. The molecule has 2 atom stereocenters. The molecule has 3 heteroatoms. The van der Waals surface area contributed by atoms with Gasteiger partial charge in [0, 0.05) is 7.11 Å². The maximum atomic E-state index is 5.71. The highest BCUT2D eigenvalue weighted by atomic mass is 16.5. The Morgan fingerprint density at radius 3 is 2.00 bits per heavy atom. The van der Waals surface area contributed by atoms with E-state index >= 15 is 0 Å². The largest absolute Gasteiger partial charge is 0.497 e. The highest BCUT2D eigenvalue weighted by Gasteiger charge is 2.23. The first-order valence-electron chi connectivity index (χ1n) is 6.69. The molecule has 106 valence electrons. The minimum atomic E-state index is -0.0328. The van der Waals surface area contributed by atoms with Crippen LogP contribution in [0, 0.1) is 0 Å². The number of ether oxygens (including phenoxy) is 2. The first-order valence-corrected chi connectivity index (χ1v) is 6.69. The van der Waals surface area contributed by atoms with E-state index in [1.807, 2.05) is 37.4 Å². The third-order valence-electron chi connectivity index (χ3n) is 3.47. The SMILES string of the molecule is CNC(c1ccc(OC)cc1)C(OC)c1ccccc1. The van der Waals surface area contributed by atoms with Crippen LogP contribution in [0.15, 0.2) is 54.6 Å². The third-order valence-corrected chi connectivity index (χ3v) is 3.47. The van der Waals surface area contributed by atoms with Crippen molar-refractivity contribution in [2.75, 3.05) is 21.3 Å². The van der Waals surface area contributed by atoms with Crippen molar-refractivity contribution in [1.29, 1.82) is 0 Å². The topological polar surface area (TPSA) is 30.5 Å². The van der Waals surface area contributed by atoms with Crippen LogP contribution >= 0.6 is 0 Å². The normalized spacial score (nSPS) is 13.8. The van der Waals surface area contributed by atoms with E-state index in [4.69, 9.17) is 9.47 Å². The maximum absolute atomic E-state index is 5.71. The van der Waals surface area contributed by atoms with E-state index in [1.54, 1.807) is 14.2 Å². The van der Waals surface area contributed by atoms with Crippen molar-refractivity contribution in [1.82, 2.24) is 5.32 Å². The van der Waals surface area contributed by atoms with Crippen LogP contribution in [0.25, 0.3) is 0 Å². The smallest absolute Gasteiger partial charge is 0.118 e. The third kappa shape index (κ3) is 3.18. The van der Waals surface area contributed by atoms with E-state index in [-0.39, 0.29) is 12.1 Å². The van der Waals surface area contributed by atoms with E-state index in [0.717, 1.165) is 11.3 Å². The zero-order valence-electron chi connectivity index (χ0n) is 12.2. The standard InChI is InChI=1S/C17H21NO2/c1-18-16(13-9-11-15(19-2)12-10-13)17(20-3)14-7-5-4-6-8-14/h4-12,16-18H,1-3H3. The van der Waals surface area contributed by atoms with Gasteiger partial charge in [-0.1, -0.05) is 42.5 Å². The Bertz CT molecular complexity index is 510. The summed E-state index contributed by atoms with van der Waals surface area (Å²) in [6.45, 7) is 0. The average Bonchev–Trinajstić information content (AvgIpc) is 2.53. The number of hydrogen-bond donors (Lipinski definition) is 1. The molecule has 0 aliphatic carbocycles. The van der Waals surface area contributed by atoms with Gasteiger partial charge < -0.3 is 14.8 Å². The zero-order valence-corrected chi connectivity index (χ0v) is 12.2. The first-order chi connectivity index (χ1) is 9.80. The van der Waals surface area contributed by atoms with E-state index in [9.17, 15) is 0 Å². The fraction of sp³-hybridized carbons (Fsp3) is 0.294. The van der Waals surface area contributed by atoms with Gasteiger partial charge in [-0.25, -0.2) is 0 Å². The van der Waals surface area contributed by atoms with Crippen LogP contribution in [-0.4, -0.2) is 21.3 Å². The fourth-order valence-electron chi connectivity index (χ4n) is 2.41. The molecular weight excluding hydrogens is 250 g/mol. The van der Waals surface area contributed by atoms with Crippen LogP contribution in [0.2, 0.25) is 0 Å². The van der Waals surface area contributed by atoms with Crippen LogP contribution in [-0.2, 0) is 4.74 Å². The summed E-state index contributed by atoms with van der Waals surface area (Å²) >= 11 is 0. The summed E-state index contributed by atoms with van der Waals surface area (Å²) in [5, 5.41) is 3.34. The Balaban J connectivity index is 2.29. The van der Waals surface area contributed by atoms with Crippen molar-refractivity contribution in [2.24, 2.45) is 0 Å². The van der Waals surface area contributed by atoms with Crippen LogP contribution < -0.4 is 10.1 Å². The van der Waals surface area contributed by atoms with Gasteiger partial charge in [0.15, 0.2) is 0 Å². The van der Waals surface area contributed by atoms with Gasteiger partial charge in [0.25, 0.3) is 0 Å². The molecule has 0 heterocycles. The van der Waals surface area contributed by atoms with Crippen molar-refractivity contribution < 1.29 is 9.47 Å². The summed E-state index contributed by atoms with van der Waals surface area (Å²) in [6.07, 6.45) is -0.0328. The van der Waals surface area contributed by atoms with Crippen LogP contribution in [0.1, 0.15) is 23.3 Å². The Morgan fingerprint density at radius 2 is 1.50 bits per heavy atom. The van der Waals surface area contributed by atoms with Crippen molar-refractivity contribution in [3.8, 4) is 5.75 Å². The molecule has 3 nitrogen and oxygen atoms in total. The van der Waals surface area contributed by atoms with Crippen molar-refractivity contribution in [2.45, 2.75) is 12.1 Å². The summed E-state index contributed by atoms with van der Waals surface area (Å²) in [4.78, 5) is 0. The van der Waals surface area contributed by atoms with E-state index < -0.39 is 0 Å². The summed E-state index contributed by atoms with van der Waals surface area (Å²) in [7, 11) is 5.36. The van der Waals surface area contributed by atoms with Crippen molar-refractivity contribution in [3.05, 3.63) is 65.7 Å². The van der Waals surface area contributed by atoms with E-state index in [0.29, 0.717) is 0 Å². The molecule has 0 saturated carbocycles. The summed E-state index contributed by atoms with van der Waals surface area (Å²) in [6, 6.07) is 18.4. The molecule has 0 aromatic heterocycles. The molecule has 2 rings (SSSR count). The van der Waals surface area contributed by atoms with Crippen LogP contribution in [0.3, 0.4) is 0 Å². The van der Waals surface area contributed by atoms with Gasteiger partial charge in [-0.3, -0.25) is 0 Å². The van der Waals surface area contributed by atoms with Crippen molar-refractivity contribution in [3.63, 3.8) is 0 Å². The molecular formula is C17H21NO2. The quantitative estimate of drug-likeness (QED) is 0.874. The number of rotatable bonds is 6. The molecule has 2 aromatic carbocycles. The molecule has 0 spiro atoms. The van der Waals surface area contributed by atoms with Gasteiger partial charge >= 0.3 is 0 Å². The predicted octanol–water partition coefficient (Wildman–Crippen LogP) is 3.34. The number of methoxy groups -OCH3 is 2. The number of likely N-dealkylation sites (N-methyl/N-ethyl adjacent to an activating group) is 1. The lowest BCUT2D eigenvalue weighted by molar-refractivity contribution is 0.0702. The Kier molecular flexibility index (Phi) is 5.16. The minimum Gasteiger partial charge on any atom is -0.497 e. The predicted molar refractivity (Wildman–Crippen MR) is 81.0 cm³/mol. The number of hydrogen-bond acceptors (Lipinski definition) is 3. The molecule has 0 aliphatic heterocycles. The van der Waals surface area contributed by atoms with Gasteiger partial charge in [0.05, 0.1) is 13.2 Å². The molecule has 20 heavy (non-hydrogen) atoms. The zero-order chi connectivity index (χ0) is 14.4. The summed E-state index contributed by atoms with van der Waals surface area (Å²) in [5.74, 6) is 0.859. The molecule has 0 fully saturated rings. The molecule has 0 radical (unpaired) electrons. The van der Waals surface area contributed by atoms with Gasteiger partial charge in [-0.2, -0.15) is 0 Å². The highest BCUT2D eigenvalue weighted by molar-refractivity contribution is 5.31. The summed E-state index contributed by atoms with van der Waals surface area (Å²) < 4.78 is 10.9. The highest BCUT2D eigenvalue weighted by Crippen LogP contribution is 2.31. The molecule has 0 amide bonds. The molecule has 2 unspecified atom stereocenters. The monoisotopic (exact) mass is 271 g/mol. The second kappa shape index (κ2) is 7.08. The molecule has 0 saturated heterocycles. The van der Waals surface area contributed by atoms with Gasteiger partial charge in [-0.15, -0.1) is 0 Å². The molecule has 0 bridgehead atoms. The lowest BCUT2D eigenvalue weighted by Crippen LogP contribution is -2.25. The van der Waals surface area contributed by atoms with E-state index in [1.165, 1.54) is 5.56 Å². The first kappa shape index (κ1) is 14.6. The number of benzene rings is 2.